The number of hydrogen-bond acceptors (Lipinski definition) is 3. The SMILES string of the molecule is CNC(CCN1CCNCC1)c1ccccc1F. The lowest BCUT2D eigenvalue weighted by atomic mass is 10.0. The molecule has 1 unspecified atom stereocenters. The van der Waals surface area contributed by atoms with Crippen molar-refractivity contribution in [3.63, 3.8) is 0 Å². The molecule has 1 aliphatic heterocycles. The molecular weight excluding hydrogens is 229 g/mol. The first-order valence-electron chi connectivity index (χ1n) is 6.66. The zero-order chi connectivity index (χ0) is 12.8. The van der Waals surface area contributed by atoms with E-state index in [1.165, 1.54) is 6.07 Å². The molecule has 18 heavy (non-hydrogen) atoms. The van der Waals surface area contributed by atoms with Crippen LogP contribution in [-0.4, -0.2) is 44.7 Å². The van der Waals surface area contributed by atoms with Crippen LogP contribution in [0.2, 0.25) is 0 Å². The predicted molar refractivity (Wildman–Crippen MR) is 72.1 cm³/mol. The van der Waals surface area contributed by atoms with Gasteiger partial charge in [-0.15, -0.1) is 0 Å². The van der Waals surface area contributed by atoms with E-state index in [-0.39, 0.29) is 11.9 Å². The van der Waals surface area contributed by atoms with Crippen molar-refractivity contribution >= 4 is 0 Å². The van der Waals surface area contributed by atoms with E-state index in [0.29, 0.717) is 0 Å². The topological polar surface area (TPSA) is 27.3 Å². The largest absolute Gasteiger partial charge is 0.314 e. The van der Waals surface area contributed by atoms with Crippen LogP contribution in [0.1, 0.15) is 18.0 Å². The third-order valence-corrected chi connectivity index (χ3v) is 3.57. The molecule has 3 nitrogen and oxygen atoms in total. The van der Waals surface area contributed by atoms with E-state index in [0.717, 1.165) is 44.7 Å². The van der Waals surface area contributed by atoms with Crippen molar-refractivity contribution in [1.29, 1.82) is 0 Å². The predicted octanol–water partition coefficient (Wildman–Crippen LogP) is 1.38. The highest BCUT2D eigenvalue weighted by atomic mass is 19.1. The maximum absolute atomic E-state index is 13.7. The van der Waals surface area contributed by atoms with Crippen LogP contribution in [0.4, 0.5) is 4.39 Å². The average molecular weight is 251 g/mol. The Kier molecular flexibility index (Phi) is 5.11. The summed E-state index contributed by atoms with van der Waals surface area (Å²) in [5.41, 5.74) is 0.773. The highest BCUT2D eigenvalue weighted by Crippen LogP contribution is 2.19. The number of benzene rings is 1. The minimum Gasteiger partial charge on any atom is -0.314 e. The minimum atomic E-state index is -0.114. The summed E-state index contributed by atoms with van der Waals surface area (Å²) in [6.45, 7) is 5.32. The van der Waals surface area contributed by atoms with Crippen LogP contribution in [0.15, 0.2) is 24.3 Å². The second-order valence-electron chi connectivity index (χ2n) is 4.74. The third kappa shape index (κ3) is 3.51. The highest BCUT2D eigenvalue weighted by Gasteiger charge is 2.16. The molecule has 0 aliphatic carbocycles. The van der Waals surface area contributed by atoms with Crippen molar-refractivity contribution in [2.45, 2.75) is 12.5 Å². The van der Waals surface area contributed by atoms with Crippen LogP contribution < -0.4 is 10.6 Å². The van der Waals surface area contributed by atoms with Gasteiger partial charge in [-0.05, 0) is 19.5 Å². The third-order valence-electron chi connectivity index (χ3n) is 3.57. The molecule has 1 atom stereocenters. The highest BCUT2D eigenvalue weighted by molar-refractivity contribution is 5.21. The molecule has 1 saturated heterocycles. The summed E-state index contributed by atoms with van der Waals surface area (Å²) in [6, 6.07) is 7.13. The zero-order valence-corrected chi connectivity index (χ0v) is 11.0. The summed E-state index contributed by atoms with van der Waals surface area (Å²) in [4.78, 5) is 2.43. The molecule has 2 rings (SSSR count). The van der Waals surface area contributed by atoms with Gasteiger partial charge in [0.2, 0.25) is 0 Å². The monoisotopic (exact) mass is 251 g/mol. The Labute approximate surface area is 108 Å². The van der Waals surface area contributed by atoms with Crippen molar-refractivity contribution in [3.05, 3.63) is 35.6 Å². The molecule has 1 aliphatic rings. The number of nitrogens with one attached hydrogen (secondary N) is 2. The molecule has 1 fully saturated rings. The summed E-state index contributed by atoms with van der Waals surface area (Å²) in [5, 5.41) is 6.56. The first-order chi connectivity index (χ1) is 8.81. The van der Waals surface area contributed by atoms with E-state index in [1.54, 1.807) is 6.07 Å². The fourth-order valence-corrected chi connectivity index (χ4v) is 2.46. The van der Waals surface area contributed by atoms with Crippen molar-refractivity contribution in [2.75, 3.05) is 39.8 Å². The van der Waals surface area contributed by atoms with Gasteiger partial charge in [0.1, 0.15) is 5.82 Å². The van der Waals surface area contributed by atoms with Gasteiger partial charge in [0.25, 0.3) is 0 Å². The van der Waals surface area contributed by atoms with Gasteiger partial charge in [0.15, 0.2) is 0 Å². The molecular formula is C14H22FN3. The van der Waals surface area contributed by atoms with Crippen LogP contribution in [0.5, 0.6) is 0 Å². The fourth-order valence-electron chi connectivity index (χ4n) is 2.46. The van der Waals surface area contributed by atoms with Gasteiger partial charge in [-0.25, -0.2) is 4.39 Å². The Morgan fingerprint density at radius 1 is 1.33 bits per heavy atom. The summed E-state index contributed by atoms with van der Waals surface area (Å²) >= 11 is 0. The summed E-state index contributed by atoms with van der Waals surface area (Å²) in [7, 11) is 1.90. The van der Waals surface area contributed by atoms with Gasteiger partial charge >= 0.3 is 0 Å². The standard InChI is InChI=1S/C14H22FN3/c1-16-14(12-4-2-3-5-13(12)15)6-9-18-10-7-17-8-11-18/h2-5,14,16-17H,6-11H2,1H3. The second kappa shape index (κ2) is 6.83. The first kappa shape index (κ1) is 13.5. The van der Waals surface area contributed by atoms with Crippen molar-refractivity contribution in [1.82, 2.24) is 15.5 Å². The quantitative estimate of drug-likeness (QED) is 0.828. The lowest BCUT2D eigenvalue weighted by molar-refractivity contribution is 0.229. The fraction of sp³-hybridized carbons (Fsp3) is 0.571. The number of piperazine rings is 1. The molecule has 1 aromatic rings. The van der Waals surface area contributed by atoms with Gasteiger partial charge in [-0.2, -0.15) is 0 Å². The Balaban J connectivity index is 1.91. The van der Waals surface area contributed by atoms with Crippen molar-refractivity contribution < 1.29 is 4.39 Å². The lowest BCUT2D eigenvalue weighted by Gasteiger charge is -2.29. The van der Waals surface area contributed by atoms with E-state index >= 15 is 0 Å². The molecule has 2 N–H and O–H groups in total. The normalized spacial score (nSPS) is 18.8. The molecule has 0 bridgehead atoms. The van der Waals surface area contributed by atoms with Crippen LogP contribution in [-0.2, 0) is 0 Å². The lowest BCUT2D eigenvalue weighted by Crippen LogP contribution is -2.44. The van der Waals surface area contributed by atoms with Gasteiger partial charge in [0.05, 0.1) is 0 Å². The minimum absolute atomic E-state index is 0.0982. The number of hydrogen-bond donors (Lipinski definition) is 2. The Hall–Kier alpha value is -0.970. The summed E-state index contributed by atoms with van der Waals surface area (Å²) in [5.74, 6) is -0.114. The molecule has 0 aromatic heterocycles. The Morgan fingerprint density at radius 2 is 2.06 bits per heavy atom. The van der Waals surface area contributed by atoms with Crippen LogP contribution >= 0.6 is 0 Å². The first-order valence-corrected chi connectivity index (χ1v) is 6.66. The molecule has 0 radical (unpaired) electrons. The maximum atomic E-state index is 13.7. The molecule has 100 valence electrons. The molecule has 1 aromatic carbocycles. The van der Waals surface area contributed by atoms with Gasteiger partial charge in [0, 0.05) is 44.3 Å². The average Bonchev–Trinajstić information content (AvgIpc) is 2.42. The van der Waals surface area contributed by atoms with Crippen molar-refractivity contribution in [3.8, 4) is 0 Å². The second-order valence-corrected chi connectivity index (χ2v) is 4.74. The molecule has 0 saturated carbocycles. The Morgan fingerprint density at radius 3 is 2.72 bits per heavy atom. The van der Waals surface area contributed by atoms with E-state index in [2.05, 4.69) is 15.5 Å². The molecule has 4 heteroatoms. The molecule has 0 spiro atoms. The number of rotatable bonds is 5. The number of nitrogens with zero attached hydrogens (tertiary/aromatic N) is 1. The van der Waals surface area contributed by atoms with Crippen LogP contribution in [0, 0.1) is 5.82 Å². The van der Waals surface area contributed by atoms with Gasteiger partial charge in [-0.3, -0.25) is 0 Å². The van der Waals surface area contributed by atoms with E-state index < -0.39 is 0 Å². The van der Waals surface area contributed by atoms with Crippen LogP contribution in [0.3, 0.4) is 0 Å². The summed E-state index contributed by atoms with van der Waals surface area (Å²) < 4.78 is 13.7. The van der Waals surface area contributed by atoms with Crippen molar-refractivity contribution in [2.24, 2.45) is 0 Å². The zero-order valence-electron chi connectivity index (χ0n) is 11.0. The molecule has 1 heterocycles. The van der Waals surface area contributed by atoms with E-state index in [1.807, 2.05) is 19.2 Å². The van der Waals surface area contributed by atoms with Gasteiger partial charge < -0.3 is 15.5 Å². The maximum Gasteiger partial charge on any atom is 0.127 e. The smallest absolute Gasteiger partial charge is 0.127 e. The molecule has 0 amide bonds. The van der Waals surface area contributed by atoms with E-state index in [9.17, 15) is 4.39 Å². The summed E-state index contributed by atoms with van der Waals surface area (Å²) in [6.07, 6.45) is 0.942. The van der Waals surface area contributed by atoms with E-state index in [4.69, 9.17) is 0 Å². The van der Waals surface area contributed by atoms with Crippen LogP contribution in [0.25, 0.3) is 0 Å². The van der Waals surface area contributed by atoms with Gasteiger partial charge in [-0.1, -0.05) is 18.2 Å². The Bertz CT molecular complexity index is 364. The number of halogens is 1.